The normalized spacial score (nSPS) is 14.6. The van der Waals surface area contributed by atoms with Gasteiger partial charge in [0.25, 0.3) is 0 Å². The number of phosphoric ester groups is 2. The van der Waals surface area contributed by atoms with Crippen LogP contribution >= 0.6 is 15.6 Å². The number of hydrogen-bond acceptors (Lipinski definition) is 15. The Labute approximate surface area is 637 Å². The summed E-state index contributed by atoms with van der Waals surface area (Å²) in [4.78, 5) is 73.1. The van der Waals surface area contributed by atoms with Crippen molar-refractivity contribution in [1.29, 1.82) is 0 Å². The number of allylic oxidation sites excluding steroid dienone is 4. The van der Waals surface area contributed by atoms with E-state index < -0.39 is 97.5 Å². The van der Waals surface area contributed by atoms with Crippen LogP contribution in [-0.4, -0.2) is 96.7 Å². The molecule has 0 aliphatic rings. The van der Waals surface area contributed by atoms with E-state index in [0.29, 0.717) is 25.7 Å². The van der Waals surface area contributed by atoms with Gasteiger partial charge in [-0.2, -0.15) is 0 Å². The van der Waals surface area contributed by atoms with Gasteiger partial charge in [0.05, 0.1) is 26.4 Å². The molecule has 104 heavy (non-hydrogen) atoms. The van der Waals surface area contributed by atoms with Crippen LogP contribution in [0.2, 0.25) is 0 Å². The van der Waals surface area contributed by atoms with E-state index in [-0.39, 0.29) is 25.7 Å². The average Bonchev–Trinajstić information content (AvgIpc) is 0.922. The third kappa shape index (κ3) is 75.0. The van der Waals surface area contributed by atoms with Crippen LogP contribution in [0.3, 0.4) is 0 Å². The van der Waals surface area contributed by atoms with Crippen LogP contribution in [0.1, 0.15) is 421 Å². The second-order valence-corrected chi connectivity index (χ2v) is 33.8. The first-order valence-electron chi connectivity index (χ1n) is 43.2. The first-order valence-corrected chi connectivity index (χ1v) is 46.2. The molecule has 0 saturated heterocycles. The number of aliphatic hydroxyl groups excluding tert-OH is 1. The number of hydrogen-bond donors (Lipinski definition) is 3. The van der Waals surface area contributed by atoms with E-state index >= 15 is 0 Å². The number of carbonyl (C=O) groups excluding carboxylic acids is 4. The van der Waals surface area contributed by atoms with Crippen molar-refractivity contribution in [2.24, 2.45) is 17.8 Å². The van der Waals surface area contributed by atoms with Crippen molar-refractivity contribution >= 4 is 39.5 Å². The van der Waals surface area contributed by atoms with Crippen molar-refractivity contribution in [2.45, 2.75) is 439 Å². The summed E-state index contributed by atoms with van der Waals surface area (Å²) in [6.45, 7) is 11.9. The van der Waals surface area contributed by atoms with Crippen molar-refractivity contribution in [1.82, 2.24) is 0 Å². The fourth-order valence-corrected chi connectivity index (χ4v) is 14.2. The molecule has 0 aromatic heterocycles. The Balaban J connectivity index is 5.25. The number of rotatable bonds is 81. The molecule has 7 atom stereocenters. The monoisotopic (exact) mass is 1520 g/mol. The van der Waals surface area contributed by atoms with Gasteiger partial charge in [-0.25, -0.2) is 9.13 Å². The van der Waals surface area contributed by atoms with Gasteiger partial charge in [-0.15, -0.1) is 0 Å². The second kappa shape index (κ2) is 74.6. The van der Waals surface area contributed by atoms with Crippen molar-refractivity contribution < 1.29 is 80.2 Å². The van der Waals surface area contributed by atoms with Gasteiger partial charge in [-0.3, -0.25) is 37.3 Å². The first-order chi connectivity index (χ1) is 50.3. The topological polar surface area (TPSA) is 237 Å². The molecular formula is C85H162O17P2. The standard InChI is InChI=1S/C85H162O17P2/c1-8-11-12-13-14-15-16-17-22-29-34-39-44-52-59-66-82(87)95-72-80(101-84(89)68-61-54-45-40-35-30-24-21-19-18-20-23-28-33-38-43-50-57-64-77(6)9-2)74-99-103(91,92)97-70-79(86)71-98-104(93,94)100-75-81(73-96-83(88)67-60-53-48-47-51-58-65-78(7)10-3)102-85(90)69-62-55-46-41-36-31-26-25-27-32-37-42-49-56-63-76(4)5/h15-17,22,76-81,86H,8-14,18-21,23-75H2,1-7H3,(H,91,92)(H,93,94)/b16-15-,22-17-/t77?,78?,79-,80-,81-/m1/s1. The van der Waals surface area contributed by atoms with Crippen LogP contribution < -0.4 is 0 Å². The van der Waals surface area contributed by atoms with E-state index in [2.05, 4.69) is 72.8 Å². The summed E-state index contributed by atoms with van der Waals surface area (Å²) in [5.74, 6) is 0.254. The molecule has 0 aliphatic carbocycles. The molecule has 0 rings (SSSR count). The van der Waals surface area contributed by atoms with Gasteiger partial charge >= 0.3 is 39.5 Å². The molecule has 0 saturated carbocycles. The number of carbonyl (C=O) groups is 4. The predicted octanol–water partition coefficient (Wildman–Crippen LogP) is 25.3. The second-order valence-electron chi connectivity index (χ2n) is 30.8. The third-order valence-corrected chi connectivity index (χ3v) is 21.9. The quantitative estimate of drug-likeness (QED) is 0.0169. The van der Waals surface area contributed by atoms with Gasteiger partial charge in [0.1, 0.15) is 19.3 Å². The summed E-state index contributed by atoms with van der Waals surface area (Å²) in [6.07, 6.45) is 67.5. The minimum atomic E-state index is -4.97. The lowest BCUT2D eigenvalue weighted by atomic mass is 9.99. The Morgan fingerprint density at radius 1 is 0.317 bits per heavy atom. The van der Waals surface area contributed by atoms with Crippen LogP contribution in [-0.2, 0) is 65.4 Å². The van der Waals surface area contributed by atoms with Gasteiger partial charge in [-0.1, -0.05) is 368 Å². The number of esters is 4. The summed E-state index contributed by atoms with van der Waals surface area (Å²) in [6, 6.07) is 0. The molecule has 0 amide bonds. The molecule has 0 fully saturated rings. The summed E-state index contributed by atoms with van der Waals surface area (Å²) >= 11 is 0. The van der Waals surface area contributed by atoms with E-state index in [0.717, 1.165) is 133 Å². The maximum absolute atomic E-state index is 13.1. The Hall–Kier alpha value is -2.46. The van der Waals surface area contributed by atoms with Crippen molar-refractivity contribution in [3.05, 3.63) is 24.3 Å². The summed E-state index contributed by atoms with van der Waals surface area (Å²) in [5, 5.41) is 10.7. The van der Waals surface area contributed by atoms with Gasteiger partial charge in [0, 0.05) is 25.7 Å². The van der Waals surface area contributed by atoms with Gasteiger partial charge in [0.15, 0.2) is 12.2 Å². The summed E-state index contributed by atoms with van der Waals surface area (Å²) in [7, 11) is -9.94. The molecule has 4 unspecified atom stereocenters. The highest BCUT2D eigenvalue weighted by Crippen LogP contribution is 2.45. The predicted molar refractivity (Wildman–Crippen MR) is 427 cm³/mol. The molecule has 0 radical (unpaired) electrons. The third-order valence-electron chi connectivity index (χ3n) is 20.0. The zero-order chi connectivity index (χ0) is 76.5. The van der Waals surface area contributed by atoms with E-state index in [1.54, 1.807) is 0 Å². The van der Waals surface area contributed by atoms with Gasteiger partial charge in [-0.05, 0) is 69.1 Å². The van der Waals surface area contributed by atoms with Gasteiger partial charge in [0.2, 0.25) is 0 Å². The molecular weight excluding hydrogens is 1350 g/mol. The Morgan fingerprint density at radius 3 is 0.856 bits per heavy atom. The molecule has 0 heterocycles. The highest BCUT2D eigenvalue weighted by atomic mass is 31.2. The smallest absolute Gasteiger partial charge is 0.462 e. The van der Waals surface area contributed by atoms with Crippen LogP contribution in [0, 0.1) is 17.8 Å². The molecule has 3 N–H and O–H groups in total. The lowest BCUT2D eigenvalue weighted by molar-refractivity contribution is -0.161. The Bertz CT molecular complexity index is 2110. The lowest BCUT2D eigenvalue weighted by Crippen LogP contribution is -2.30. The minimum Gasteiger partial charge on any atom is -0.462 e. The van der Waals surface area contributed by atoms with Crippen molar-refractivity contribution in [3.63, 3.8) is 0 Å². The fraction of sp³-hybridized carbons (Fsp3) is 0.906. The maximum Gasteiger partial charge on any atom is 0.472 e. The summed E-state index contributed by atoms with van der Waals surface area (Å²) < 4.78 is 68.8. The zero-order valence-electron chi connectivity index (χ0n) is 68.0. The summed E-state index contributed by atoms with van der Waals surface area (Å²) in [5.41, 5.74) is 0. The van der Waals surface area contributed by atoms with Gasteiger partial charge < -0.3 is 33.8 Å². The van der Waals surface area contributed by atoms with Crippen LogP contribution in [0.25, 0.3) is 0 Å². The molecule has 17 nitrogen and oxygen atoms in total. The highest BCUT2D eigenvalue weighted by molar-refractivity contribution is 7.47. The number of unbranched alkanes of at least 4 members (excludes halogenated alkanes) is 44. The van der Waals surface area contributed by atoms with Crippen LogP contribution in [0.15, 0.2) is 24.3 Å². The van der Waals surface area contributed by atoms with Crippen LogP contribution in [0.4, 0.5) is 0 Å². The largest absolute Gasteiger partial charge is 0.472 e. The molecule has 614 valence electrons. The Morgan fingerprint density at radius 2 is 0.567 bits per heavy atom. The molecule has 0 aliphatic heterocycles. The van der Waals surface area contributed by atoms with E-state index in [9.17, 15) is 43.2 Å². The molecule has 0 aromatic rings. The lowest BCUT2D eigenvalue weighted by Gasteiger charge is -2.21. The van der Waals surface area contributed by atoms with Crippen molar-refractivity contribution in [2.75, 3.05) is 39.6 Å². The first kappa shape index (κ1) is 102. The number of ether oxygens (including phenoxy) is 4. The molecule has 0 aromatic carbocycles. The van der Waals surface area contributed by atoms with E-state index in [1.165, 1.54) is 205 Å². The minimum absolute atomic E-state index is 0.101. The van der Waals surface area contributed by atoms with E-state index in [4.69, 9.17) is 37.0 Å². The molecule has 0 bridgehead atoms. The maximum atomic E-state index is 13.1. The zero-order valence-corrected chi connectivity index (χ0v) is 69.8. The SMILES string of the molecule is CCCCCC/C=C\C=C/CCCCCCCC(=O)OC[C@H](COP(=O)(O)OC[C@@H](O)COP(=O)(O)OC[C@@H](COC(=O)CCCCCCCCC(C)CC)OC(=O)CCCCCCCCCCCCCCCCC(C)C)OC(=O)CCCCCCCCCCCCCCCCCCCCC(C)CC. The Kier molecular flexibility index (Phi) is 72.9. The van der Waals surface area contributed by atoms with E-state index in [1.807, 2.05) is 0 Å². The van der Waals surface area contributed by atoms with Crippen LogP contribution in [0.5, 0.6) is 0 Å². The number of aliphatic hydroxyl groups is 1. The van der Waals surface area contributed by atoms with Crippen molar-refractivity contribution in [3.8, 4) is 0 Å². The molecule has 0 spiro atoms. The highest BCUT2D eigenvalue weighted by Gasteiger charge is 2.30. The average molecular weight is 1520 g/mol. The molecule has 19 heteroatoms. The number of phosphoric acid groups is 2. The fourth-order valence-electron chi connectivity index (χ4n) is 12.6.